The van der Waals surface area contributed by atoms with E-state index in [0.717, 1.165) is 36.9 Å². The number of fused-ring (bicyclic) bond motifs is 2. The molecule has 4 atom stereocenters. The predicted octanol–water partition coefficient (Wildman–Crippen LogP) is 3.26. The Balaban J connectivity index is 1.65. The molecule has 0 heterocycles. The van der Waals surface area contributed by atoms with Crippen LogP contribution in [0.15, 0.2) is 12.2 Å². The van der Waals surface area contributed by atoms with Gasteiger partial charge in [0, 0.05) is 13.2 Å². The Morgan fingerprint density at radius 3 is 2.79 bits per heavy atom. The monoisotopic (exact) mass is 194 g/mol. The van der Waals surface area contributed by atoms with Crippen molar-refractivity contribution in [3.63, 3.8) is 0 Å². The van der Waals surface area contributed by atoms with Crippen molar-refractivity contribution in [3.8, 4) is 0 Å². The quantitative estimate of drug-likeness (QED) is 0.610. The minimum absolute atomic E-state index is 0.726. The van der Waals surface area contributed by atoms with Gasteiger partial charge in [0.1, 0.15) is 0 Å². The van der Waals surface area contributed by atoms with Crippen LogP contribution in [-0.2, 0) is 4.74 Å². The molecule has 0 spiro atoms. The first-order chi connectivity index (χ1) is 6.79. The number of allylic oxidation sites excluding steroid dienone is 2. The molecular weight excluding hydrogens is 172 g/mol. The second-order valence-electron chi connectivity index (χ2n) is 5.09. The molecule has 2 bridgehead atoms. The first-order valence-corrected chi connectivity index (χ1v) is 6.05. The third-order valence-corrected chi connectivity index (χ3v) is 3.85. The van der Waals surface area contributed by atoms with Crippen molar-refractivity contribution in [2.45, 2.75) is 33.1 Å². The fourth-order valence-corrected chi connectivity index (χ4v) is 2.62. The standard InChI is InChI=1S/C13H22O/c1-3-10(2)8-14-9-13-7-11-4-5-12(13)6-11/h4-5,10-13H,3,6-9H2,1-2H3. The maximum absolute atomic E-state index is 5.79. The van der Waals surface area contributed by atoms with Crippen LogP contribution in [0.1, 0.15) is 33.1 Å². The molecule has 0 aromatic carbocycles. The summed E-state index contributed by atoms with van der Waals surface area (Å²) in [4.78, 5) is 0. The van der Waals surface area contributed by atoms with Crippen LogP contribution in [0, 0.1) is 23.7 Å². The normalized spacial score (nSPS) is 36.6. The van der Waals surface area contributed by atoms with Crippen LogP contribution in [0.25, 0.3) is 0 Å². The molecule has 0 radical (unpaired) electrons. The van der Waals surface area contributed by atoms with Gasteiger partial charge >= 0.3 is 0 Å². The van der Waals surface area contributed by atoms with Crippen molar-refractivity contribution in [3.05, 3.63) is 12.2 Å². The minimum atomic E-state index is 0.726. The topological polar surface area (TPSA) is 9.23 Å². The van der Waals surface area contributed by atoms with Gasteiger partial charge in [0.25, 0.3) is 0 Å². The molecule has 1 fully saturated rings. The summed E-state index contributed by atoms with van der Waals surface area (Å²) in [5.41, 5.74) is 0. The van der Waals surface area contributed by atoms with Crippen molar-refractivity contribution in [2.75, 3.05) is 13.2 Å². The van der Waals surface area contributed by atoms with Crippen LogP contribution in [-0.4, -0.2) is 13.2 Å². The summed E-state index contributed by atoms with van der Waals surface area (Å²) in [6, 6.07) is 0. The molecule has 0 saturated heterocycles. The largest absolute Gasteiger partial charge is 0.381 e. The third kappa shape index (κ3) is 2.20. The van der Waals surface area contributed by atoms with E-state index < -0.39 is 0 Å². The fourth-order valence-electron chi connectivity index (χ4n) is 2.62. The molecular formula is C13H22O. The average molecular weight is 194 g/mol. The van der Waals surface area contributed by atoms with E-state index >= 15 is 0 Å². The summed E-state index contributed by atoms with van der Waals surface area (Å²) < 4.78 is 5.79. The highest BCUT2D eigenvalue weighted by Crippen LogP contribution is 2.43. The van der Waals surface area contributed by atoms with Crippen molar-refractivity contribution in [2.24, 2.45) is 23.7 Å². The highest BCUT2D eigenvalue weighted by Gasteiger charge is 2.35. The third-order valence-electron chi connectivity index (χ3n) is 3.85. The lowest BCUT2D eigenvalue weighted by atomic mass is 9.94. The molecule has 2 aliphatic rings. The summed E-state index contributed by atoms with van der Waals surface area (Å²) in [5, 5.41) is 0. The molecule has 0 amide bonds. The SMILES string of the molecule is CCC(C)COCC1CC2C=CC1C2. The van der Waals surface area contributed by atoms with E-state index in [-0.39, 0.29) is 0 Å². The molecule has 14 heavy (non-hydrogen) atoms. The van der Waals surface area contributed by atoms with Crippen molar-refractivity contribution in [1.29, 1.82) is 0 Å². The molecule has 1 heteroatoms. The second kappa shape index (κ2) is 4.48. The Labute approximate surface area is 87.5 Å². The zero-order valence-corrected chi connectivity index (χ0v) is 9.41. The number of rotatable bonds is 5. The first kappa shape index (κ1) is 10.2. The van der Waals surface area contributed by atoms with E-state index in [9.17, 15) is 0 Å². The molecule has 1 saturated carbocycles. The van der Waals surface area contributed by atoms with Crippen LogP contribution in [0.5, 0.6) is 0 Å². The summed E-state index contributed by atoms with van der Waals surface area (Å²) in [6.45, 7) is 6.44. The van der Waals surface area contributed by atoms with Gasteiger partial charge in [-0.25, -0.2) is 0 Å². The van der Waals surface area contributed by atoms with Gasteiger partial charge in [-0.15, -0.1) is 0 Å². The number of ether oxygens (including phenoxy) is 1. The molecule has 0 aliphatic heterocycles. The lowest BCUT2D eigenvalue weighted by Crippen LogP contribution is -2.16. The Kier molecular flexibility index (Phi) is 3.27. The minimum Gasteiger partial charge on any atom is -0.381 e. The Morgan fingerprint density at radius 2 is 2.21 bits per heavy atom. The molecule has 1 nitrogen and oxygen atoms in total. The lowest BCUT2D eigenvalue weighted by Gasteiger charge is -2.19. The number of hydrogen-bond donors (Lipinski definition) is 0. The van der Waals surface area contributed by atoms with Gasteiger partial charge in [-0.1, -0.05) is 32.4 Å². The maximum Gasteiger partial charge on any atom is 0.0500 e. The first-order valence-electron chi connectivity index (χ1n) is 6.05. The summed E-state index contributed by atoms with van der Waals surface area (Å²) in [6.07, 6.45) is 8.82. The van der Waals surface area contributed by atoms with Gasteiger partial charge < -0.3 is 4.74 Å². The molecule has 2 rings (SSSR count). The van der Waals surface area contributed by atoms with Crippen molar-refractivity contribution in [1.82, 2.24) is 0 Å². The van der Waals surface area contributed by atoms with Gasteiger partial charge in [-0.05, 0) is 36.5 Å². The fraction of sp³-hybridized carbons (Fsp3) is 0.846. The zero-order valence-electron chi connectivity index (χ0n) is 9.41. The molecule has 0 aromatic rings. The molecule has 4 unspecified atom stereocenters. The van der Waals surface area contributed by atoms with Crippen LogP contribution < -0.4 is 0 Å². The van der Waals surface area contributed by atoms with Crippen molar-refractivity contribution < 1.29 is 4.74 Å². The average Bonchev–Trinajstić information content (AvgIpc) is 2.79. The van der Waals surface area contributed by atoms with Crippen LogP contribution in [0.3, 0.4) is 0 Å². The maximum atomic E-state index is 5.79. The van der Waals surface area contributed by atoms with Crippen molar-refractivity contribution >= 4 is 0 Å². The van der Waals surface area contributed by atoms with Gasteiger partial charge in [-0.3, -0.25) is 0 Å². The molecule has 0 aromatic heterocycles. The summed E-state index contributed by atoms with van der Waals surface area (Å²) >= 11 is 0. The summed E-state index contributed by atoms with van der Waals surface area (Å²) in [5.74, 6) is 3.28. The number of hydrogen-bond acceptors (Lipinski definition) is 1. The highest BCUT2D eigenvalue weighted by molar-refractivity contribution is 5.09. The smallest absolute Gasteiger partial charge is 0.0500 e. The van der Waals surface area contributed by atoms with E-state index in [1.165, 1.54) is 19.3 Å². The van der Waals surface area contributed by atoms with Gasteiger partial charge in [0.15, 0.2) is 0 Å². The van der Waals surface area contributed by atoms with Gasteiger partial charge in [0.2, 0.25) is 0 Å². The Hall–Kier alpha value is -0.300. The van der Waals surface area contributed by atoms with Crippen LogP contribution in [0.4, 0.5) is 0 Å². The van der Waals surface area contributed by atoms with Gasteiger partial charge in [0.05, 0.1) is 0 Å². The van der Waals surface area contributed by atoms with E-state index in [0.29, 0.717) is 0 Å². The van der Waals surface area contributed by atoms with E-state index in [2.05, 4.69) is 26.0 Å². The highest BCUT2D eigenvalue weighted by atomic mass is 16.5. The Morgan fingerprint density at radius 1 is 1.36 bits per heavy atom. The zero-order chi connectivity index (χ0) is 9.97. The van der Waals surface area contributed by atoms with Crippen LogP contribution in [0.2, 0.25) is 0 Å². The molecule has 80 valence electrons. The van der Waals surface area contributed by atoms with E-state index in [1.54, 1.807) is 0 Å². The van der Waals surface area contributed by atoms with E-state index in [4.69, 9.17) is 4.74 Å². The second-order valence-corrected chi connectivity index (χ2v) is 5.09. The lowest BCUT2D eigenvalue weighted by molar-refractivity contribution is 0.0675. The molecule has 0 N–H and O–H groups in total. The van der Waals surface area contributed by atoms with Crippen LogP contribution >= 0.6 is 0 Å². The predicted molar refractivity (Wildman–Crippen MR) is 59.1 cm³/mol. The molecule has 2 aliphatic carbocycles. The Bertz CT molecular complexity index is 209. The van der Waals surface area contributed by atoms with E-state index in [1.807, 2.05) is 0 Å². The summed E-state index contributed by atoms with van der Waals surface area (Å²) in [7, 11) is 0. The van der Waals surface area contributed by atoms with Gasteiger partial charge in [-0.2, -0.15) is 0 Å².